The van der Waals surface area contributed by atoms with Crippen molar-refractivity contribution in [3.8, 4) is 11.3 Å². The number of anilines is 2. The molecule has 2 aromatic carbocycles. The number of ether oxygens (including phenoxy) is 1. The molecule has 0 aliphatic heterocycles. The number of hydrogen-bond acceptors (Lipinski definition) is 5. The van der Waals surface area contributed by atoms with Crippen molar-refractivity contribution < 1.29 is 14.6 Å². The molecule has 0 atom stereocenters. The van der Waals surface area contributed by atoms with Gasteiger partial charge in [0.1, 0.15) is 5.60 Å². The molecule has 1 heterocycles. The van der Waals surface area contributed by atoms with Gasteiger partial charge in [0, 0.05) is 17.3 Å². The van der Waals surface area contributed by atoms with Crippen LogP contribution < -0.4 is 10.6 Å². The quantitative estimate of drug-likeness (QED) is 0.430. The van der Waals surface area contributed by atoms with E-state index in [1.165, 1.54) is 0 Å². The first kappa shape index (κ1) is 23.0. The zero-order valence-corrected chi connectivity index (χ0v) is 18.9. The molecule has 0 unspecified atom stereocenters. The molecule has 3 N–H and O–H groups in total. The number of rotatable bonds is 7. The molecular formula is C26H29N3O3. The molecule has 32 heavy (non-hydrogen) atoms. The summed E-state index contributed by atoms with van der Waals surface area (Å²) < 4.78 is 5.73. The fraction of sp³-hybridized carbons (Fsp3) is 0.231. The minimum atomic E-state index is -0.379. The fourth-order valence-electron chi connectivity index (χ4n) is 3.24. The molecule has 0 aliphatic carbocycles. The van der Waals surface area contributed by atoms with Crippen LogP contribution in [0.2, 0.25) is 0 Å². The number of aliphatic hydroxyl groups is 1. The Balaban J connectivity index is 1.74. The lowest BCUT2D eigenvalue weighted by Gasteiger charge is -2.24. The second-order valence-corrected chi connectivity index (χ2v) is 8.51. The molecule has 0 saturated heterocycles. The maximum Gasteiger partial charge on any atom is 0.255 e. The lowest BCUT2D eigenvalue weighted by molar-refractivity contribution is 0.0565. The predicted octanol–water partition coefficient (Wildman–Crippen LogP) is 5.50. The molecule has 6 heteroatoms. The third-order valence-electron chi connectivity index (χ3n) is 4.62. The molecule has 3 rings (SSSR count). The van der Waals surface area contributed by atoms with Crippen molar-refractivity contribution in [1.82, 2.24) is 4.98 Å². The van der Waals surface area contributed by atoms with Crippen LogP contribution in [0.3, 0.4) is 0 Å². The van der Waals surface area contributed by atoms with E-state index in [9.17, 15) is 9.90 Å². The summed E-state index contributed by atoms with van der Waals surface area (Å²) in [5, 5.41) is 15.3. The van der Waals surface area contributed by atoms with Gasteiger partial charge in [0.2, 0.25) is 0 Å². The van der Waals surface area contributed by atoms with Gasteiger partial charge in [-0.1, -0.05) is 30.3 Å². The molecule has 166 valence electrons. The summed E-state index contributed by atoms with van der Waals surface area (Å²) >= 11 is 0. The van der Waals surface area contributed by atoms with Gasteiger partial charge in [0.15, 0.2) is 5.88 Å². The molecule has 0 spiro atoms. The Hall–Kier alpha value is -3.64. The van der Waals surface area contributed by atoms with Gasteiger partial charge >= 0.3 is 0 Å². The molecule has 6 nitrogen and oxygen atoms in total. The number of carbonyl (C=O) groups excluding carboxylic acids is 1. The SMILES string of the molecule is C=C(Nc1ccccc1NC(=O)c1ccc(-c2ncc(CO)cc2C)cc1)OC(C)(C)C. The van der Waals surface area contributed by atoms with E-state index in [0.29, 0.717) is 22.8 Å². The van der Waals surface area contributed by atoms with E-state index in [4.69, 9.17) is 4.74 Å². The number of carbonyl (C=O) groups is 1. The lowest BCUT2D eigenvalue weighted by atomic mass is 10.0. The van der Waals surface area contributed by atoms with Crippen LogP contribution >= 0.6 is 0 Å². The highest BCUT2D eigenvalue weighted by atomic mass is 16.5. The average Bonchev–Trinajstić information content (AvgIpc) is 2.74. The summed E-state index contributed by atoms with van der Waals surface area (Å²) in [7, 11) is 0. The molecule has 1 aromatic heterocycles. The van der Waals surface area contributed by atoms with Gasteiger partial charge in [0.25, 0.3) is 5.91 Å². The highest BCUT2D eigenvalue weighted by molar-refractivity contribution is 6.06. The lowest BCUT2D eigenvalue weighted by Crippen LogP contribution is -2.21. The molecule has 0 fully saturated rings. The third kappa shape index (κ3) is 5.95. The Bertz CT molecular complexity index is 1120. The largest absolute Gasteiger partial charge is 0.474 e. The van der Waals surface area contributed by atoms with E-state index in [-0.39, 0.29) is 18.1 Å². The first-order valence-corrected chi connectivity index (χ1v) is 10.4. The van der Waals surface area contributed by atoms with Gasteiger partial charge < -0.3 is 20.5 Å². The smallest absolute Gasteiger partial charge is 0.255 e. The minimum Gasteiger partial charge on any atom is -0.474 e. The highest BCUT2D eigenvalue weighted by Crippen LogP contribution is 2.26. The summed E-state index contributed by atoms with van der Waals surface area (Å²) in [4.78, 5) is 17.3. The number of para-hydroxylation sites is 2. The zero-order valence-electron chi connectivity index (χ0n) is 18.9. The van der Waals surface area contributed by atoms with Crippen LogP contribution in [-0.4, -0.2) is 21.6 Å². The van der Waals surface area contributed by atoms with E-state index >= 15 is 0 Å². The predicted molar refractivity (Wildman–Crippen MR) is 128 cm³/mol. The summed E-state index contributed by atoms with van der Waals surface area (Å²) in [6, 6.07) is 16.6. The molecule has 0 aliphatic rings. The van der Waals surface area contributed by atoms with Gasteiger partial charge in [-0.25, -0.2) is 0 Å². The number of aliphatic hydroxyl groups excluding tert-OH is 1. The van der Waals surface area contributed by atoms with Crippen LogP contribution in [0.25, 0.3) is 11.3 Å². The minimum absolute atomic E-state index is 0.0424. The summed E-state index contributed by atoms with van der Waals surface area (Å²) in [5.74, 6) is 0.173. The van der Waals surface area contributed by atoms with Crippen LogP contribution in [0.15, 0.2) is 73.3 Å². The number of benzene rings is 2. The molecule has 0 bridgehead atoms. The Morgan fingerprint density at radius 1 is 1.06 bits per heavy atom. The Kier molecular flexibility index (Phi) is 6.95. The summed E-state index contributed by atoms with van der Waals surface area (Å²) in [6.07, 6.45) is 1.66. The number of pyridine rings is 1. The third-order valence-corrected chi connectivity index (χ3v) is 4.62. The van der Waals surface area contributed by atoms with Crippen molar-refractivity contribution in [2.45, 2.75) is 39.9 Å². The van der Waals surface area contributed by atoms with Crippen molar-refractivity contribution in [2.24, 2.45) is 0 Å². The highest BCUT2D eigenvalue weighted by Gasteiger charge is 2.15. The Morgan fingerprint density at radius 3 is 2.25 bits per heavy atom. The van der Waals surface area contributed by atoms with Gasteiger partial charge in [-0.3, -0.25) is 9.78 Å². The summed E-state index contributed by atoms with van der Waals surface area (Å²) in [6.45, 7) is 11.6. The number of aryl methyl sites for hydroxylation is 1. The van der Waals surface area contributed by atoms with Crippen LogP contribution in [0.4, 0.5) is 11.4 Å². The number of aromatic nitrogens is 1. The molecule has 0 saturated carbocycles. The molecule has 0 radical (unpaired) electrons. The molecule has 1 amide bonds. The molecule has 3 aromatic rings. The Morgan fingerprint density at radius 2 is 1.69 bits per heavy atom. The number of hydrogen-bond donors (Lipinski definition) is 3. The van der Waals surface area contributed by atoms with Crippen molar-refractivity contribution in [1.29, 1.82) is 0 Å². The standard InChI is InChI=1S/C26H29N3O3/c1-17-14-19(16-30)15-27-24(17)20-10-12-21(13-11-20)25(31)29-23-9-7-6-8-22(23)28-18(2)32-26(3,4)5/h6-15,28,30H,2,16H2,1,3-5H3,(H,29,31). The van der Waals surface area contributed by atoms with Crippen LogP contribution in [0.1, 0.15) is 42.3 Å². The van der Waals surface area contributed by atoms with Crippen LogP contribution in [0.5, 0.6) is 0 Å². The second kappa shape index (κ2) is 9.66. The topological polar surface area (TPSA) is 83.5 Å². The van der Waals surface area contributed by atoms with Gasteiger partial charge in [0.05, 0.1) is 23.7 Å². The average molecular weight is 432 g/mol. The number of nitrogens with one attached hydrogen (secondary N) is 2. The maximum absolute atomic E-state index is 12.8. The zero-order chi connectivity index (χ0) is 23.3. The summed E-state index contributed by atoms with van der Waals surface area (Å²) in [5.41, 5.74) is 4.92. The molecular weight excluding hydrogens is 402 g/mol. The normalized spacial score (nSPS) is 11.0. The monoisotopic (exact) mass is 431 g/mol. The van der Waals surface area contributed by atoms with E-state index in [2.05, 4.69) is 22.2 Å². The van der Waals surface area contributed by atoms with E-state index in [0.717, 1.165) is 22.4 Å². The maximum atomic E-state index is 12.8. The van der Waals surface area contributed by atoms with Crippen LogP contribution in [-0.2, 0) is 11.3 Å². The van der Waals surface area contributed by atoms with E-state index in [1.807, 2.05) is 70.2 Å². The van der Waals surface area contributed by atoms with E-state index < -0.39 is 0 Å². The van der Waals surface area contributed by atoms with Crippen molar-refractivity contribution in [3.63, 3.8) is 0 Å². The van der Waals surface area contributed by atoms with Gasteiger partial charge in [-0.15, -0.1) is 0 Å². The van der Waals surface area contributed by atoms with Gasteiger partial charge in [-0.05, 0) is 69.7 Å². The van der Waals surface area contributed by atoms with Crippen molar-refractivity contribution in [3.05, 3.63) is 89.9 Å². The van der Waals surface area contributed by atoms with Crippen molar-refractivity contribution >= 4 is 17.3 Å². The van der Waals surface area contributed by atoms with Crippen molar-refractivity contribution in [2.75, 3.05) is 10.6 Å². The Labute approximate surface area is 189 Å². The second-order valence-electron chi connectivity index (χ2n) is 8.51. The first-order chi connectivity index (χ1) is 15.2. The van der Waals surface area contributed by atoms with Gasteiger partial charge in [-0.2, -0.15) is 0 Å². The number of amides is 1. The first-order valence-electron chi connectivity index (χ1n) is 10.4. The number of nitrogens with zero attached hydrogens (tertiary/aromatic N) is 1. The fourth-order valence-corrected chi connectivity index (χ4v) is 3.24. The van der Waals surface area contributed by atoms with Crippen LogP contribution in [0, 0.1) is 6.92 Å². The van der Waals surface area contributed by atoms with E-state index in [1.54, 1.807) is 18.3 Å².